The van der Waals surface area contributed by atoms with Gasteiger partial charge in [-0.25, -0.2) is 4.57 Å². The molecule has 0 radical (unpaired) electrons. The Balaban J connectivity index is 0.00000256. The molecule has 4 rings (SSSR count). The SMILES string of the molecule is C#CCc1c(C)n(CCc2ccccc2)c2c(OCc3ccccc3)ccc[n+]12.[Br-]. The summed E-state index contributed by atoms with van der Waals surface area (Å²) >= 11 is 0. The van der Waals surface area contributed by atoms with Crippen LogP contribution in [0.3, 0.4) is 0 Å². The fraction of sp³-hybridized carbons (Fsp3) is 0.192. The zero-order valence-corrected chi connectivity index (χ0v) is 18.7. The van der Waals surface area contributed by atoms with Crippen molar-refractivity contribution in [1.29, 1.82) is 0 Å². The van der Waals surface area contributed by atoms with Gasteiger partial charge in [0, 0.05) is 13.3 Å². The second-order valence-corrected chi connectivity index (χ2v) is 7.14. The van der Waals surface area contributed by atoms with Gasteiger partial charge in [-0.1, -0.05) is 66.6 Å². The van der Waals surface area contributed by atoms with E-state index in [1.807, 2.05) is 30.3 Å². The Morgan fingerprint density at radius 2 is 1.60 bits per heavy atom. The van der Waals surface area contributed by atoms with Crippen LogP contribution in [0.5, 0.6) is 5.75 Å². The molecule has 30 heavy (non-hydrogen) atoms. The number of nitrogens with zero attached hydrogens (tertiary/aromatic N) is 2. The van der Waals surface area contributed by atoms with Crippen LogP contribution in [0.25, 0.3) is 5.65 Å². The summed E-state index contributed by atoms with van der Waals surface area (Å²) in [7, 11) is 0. The van der Waals surface area contributed by atoms with Crippen LogP contribution in [0.4, 0.5) is 0 Å². The minimum Gasteiger partial charge on any atom is -1.00 e. The molecule has 3 nitrogen and oxygen atoms in total. The molecular weight excluding hydrogens is 436 g/mol. The van der Waals surface area contributed by atoms with Gasteiger partial charge in [0.2, 0.25) is 5.75 Å². The lowest BCUT2D eigenvalue weighted by molar-refractivity contribution is -0.520. The highest BCUT2D eigenvalue weighted by atomic mass is 79.9. The van der Waals surface area contributed by atoms with Crippen LogP contribution in [0, 0.1) is 19.3 Å². The Kier molecular flexibility index (Phi) is 7.32. The highest BCUT2D eigenvalue weighted by molar-refractivity contribution is 5.50. The lowest BCUT2D eigenvalue weighted by Crippen LogP contribution is -3.00. The van der Waals surface area contributed by atoms with Gasteiger partial charge in [-0.05, 0) is 23.3 Å². The average Bonchev–Trinajstić information content (AvgIpc) is 3.04. The molecule has 2 aromatic heterocycles. The minimum atomic E-state index is 0. The quantitative estimate of drug-likeness (QED) is 0.302. The molecule has 4 heteroatoms. The molecule has 152 valence electrons. The fourth-order valence-electron chi connectivity index (χ4n) is 3.77. The standard InChI is InChI=1S/C26H25N2O.BrH/c1-3-11-24-21(2)27(19-17-22-12-6-4-7-13-22)26-25(16-10-18-28(24)26)29-20-23-14-8-5-9-15-23;/h1,4-10,12-16,18H,11,17,19-20H2,2H3;1H/q+1;/p-1. The number of hydrogen-bond acceptors (Lipinski definition) is 1. The van der Waals surface area contributed by atoms with Crippen LogP contribution in [0.2, 0.25) is 0 Å². The third-order valence-corrected chi connectivity index (χ3v) is 5.27. The first-order valence-corrected chi connectivity index (χ1v) is 9.94. The van der Waals surface area contributed by atoms with Gasteiger partial charge in [-0.15, -0.1) is 6.42 Å². The van der Waals surface area contributed by atoms with Gasteiger partial charge < -0.3 is 21.7 Å². The maximum Gasteiger partial charge on any atom is 0.329 e. The Morgan fingerprint density at radius 1 is 0.933 bits per heavy atom. The van der Waals surface area contributed by atoms with Crippen LogP contribution < -0.4 is 26.1 Å². The molecule has 0 fully saturated rings. The van der Waals surface area contributed by atoms with E-state index in [1.165, 1.54) is 11.3 Å². The zero-order valence-electron chi connectivity index (χ0n) is 17.1. The molecule has 0 unspecified atom stereocenters. The maximum atomic E-state index is 6.25. The molecule has 0 saturated heterocycles. The van der Waals surface area contributed by atoms with E-state index in [0.717, 1.165) is 35.6 Å². The first kappa shape index (κ1) is 21.7. The van der Waals surface area contributed by atoms with Gasteiger partial charge >= 0.3 is 5.65 Å². The Bertz CT molecular complexity index is 1140. The predicted octanol–water partition coefficient (Wildman–Crippen LogP) is 1.54. The fourth-order valence-corrected chi connectivity index (χ4v) is 3.77. The summed E-state index contributed by atoms with van der Waals surface area (Å²) in [6.45, 7) is 3.55. The Labute approximate surface area is 188 Å². The third-order valence-electron chi connectivity index (χ3n) is 5.27. The largest absolute Gasteiger partial charge is 1.00 e. The van der Waals surface area contributed by atoms with E-state index in [0.29, 0.717) is 13.0 Å². The number of terminal acetylenes is 1. The molecule has 2 heterocycles. The second-order valence-electron chi connectivity index (χ2n) is 7.14. The number of aromatic nitrogens is 2. The number of rotatable bonds is 7. The summed E-state index contributed by atoms with van der Waals surface area (Å²) in [6, 6.07) is 24.9. The van der Waals surface area contributed by atoms with Gasteiger partial charge in [0.05, 0.1) is 19.2 Å². The van der Waals surface area contributed by atoms with Crippen LogP contribution in [-0.2, 0) is 26.0 Å². The molecule has 2 aromatic carbocycles. The molecule has 0 aliphatic rings. The molecule has 0 aliphatic heterocycles. The van der Waals surface area contributed by atoms with E-state index in [2.05, 4.69) is 70.5 Å². The highest BCUT2D eigenvalue weighted by Gasteiger charge is 2.25. The average molecular weight is 461 g/mol. The number of imidazole rings is 1. The van der Waals surface area contributed by atoms with E-state index in [-0.39, 0.29) is 17.0 Å². The molecular formula is C26H25BrN2O. The Hall–Kier alpha value is -3.03. The molecule has 4 aromatic rings. The second kappa shape index (κ2) is 10.1. The monoisotopic (exact) mass is 460 g/mol. The van der Waals surface area contributed by atoms with E-state index < -0.39 is 0 Å². The molecule has 0 saturated carbocycles. The summed E-state index contributed by atoms with van der Waals surface area (Å²) in [4.78, 5) is 0. The minimum absolute atomic E-state index is 0. The number of halogens is 1. The number of fused-ring (bicyclic) bond motifs is 1. The van der Waals surface area contributed by atoms with Crippen molar-refractivity contribution < 1.29 is 26.1 Å². The zero-order chi connectivity index (χ0) is 20.1. The number of ether oxygens (including phenoxy) is 1. The van der Waals surface area contributed by atoms with E-state index in [9.17, 15) is 0 Å². The first-order chi connectivity index (χ1) is 14.3. The Morgan fingerprint density at radius 3 is 2.27 bits per heavy atom. The summed E-state index contributed by atoms with van der Waals surface area (Å²) in [5.74, 6) is 3.68. The number of benzene rings is 2. The van der Waals surface area contributed by atoms with Crippen molar-refractivity contribution in [3.05, 3.63) is 102 Å². The van der Waals surface area contributed by atoms with Crippen molar-refractivity contribution in [3.8, 4) is 18.1 Å². The lowest BCUT2D eigenvalue weighted by Gasteiger charge is -2.07. The van der Waals surface area contributed by atoms with E-state index >= 15 is 0 Å². The van der Waals surface area contributed by atoms with Crippen LogP contribution in [0.15, 0.2) is 79.0 Å². The number of aryl methyl sites for hydroxylation is 2. The van der Waals surface area contributed by atoms with Crippen LogP contribution in [-0.4, -0.2) is 4.57 Å². The van der Waals surface area contributed by atoms with E-state index in [4.69, 9.17) is 11.2 Å². The summed E-state index contributed by atoms with van der Waals surface area (Å²) < 4.78 is 10.8. The van der Waals surface area contributed by atoms with Crippen molar-refractivity contribution in [2.24, 2.45) is 0 Å². The predicted molar refractivity (Wildman–Crippen MR) is 116 cm³/mol. The molecule has 0 bridgehead atoms. The lowest BCUT2D eigenvalue weighted by atomic mass is 10.1. The summed E-state index contributed by atoms with van der Waals surface area (Å²) in [5, 5.41) is 0. The first-order valence-electron chi connectivity index (χ1n) is 9.94. The topological polar surface area (TPSA) is 18.3 Å². The van der Waals surface area contributed by atoms with Crippen molar-refractivity contribution in [3.63, 3.8) is 0 Å². The van der Waals surface area contributed by atoms with Crippen molar-refractivity contribution in [1.82, 2.24) is 4.57 Å². The molecule has 0 aliphatic carbocycles. The molecule has 0 spiro atoms. The number of pyridine rings is 1. The third kappa shape index (κ3) is 4.58. The number of hydrogen-bond donors (Lipinski definition) is 0. The molecule has 0 amide bonds. The highest BCUT2D eigenvalue weighted by Crippen LogP contribution is 2.23. The van der Waals surface area contributed by atoms with Gasteiger partial charge in [-0.2, -0.15) is 4.40 Å². The smallest absolute Gasteiger partial charge is 0.329 e. The van der Waals surface area contributed by atoms with Crippen molar-refractivity contribution >= 4 is 5.65 Å². The van der Waals surface area contributed by atoms with E-state index in [1.54, 1.807) is 0 Å². The molecule has 0 atom stereocenters. The van der Waals surface area contributed by atoms with Gasteiger partial charge in [-0.3, -0.25) is 0 Å². The van der Waals surface area contributed by atoms with Crippen LogP contribution >= 0.6 is 0 Å². The van der Waals surface area contributed by atoms with Crippen LogP contribution in [0.1, 0.15) is 22.5 Å². The molecule has 0 N–H and O–H groups in total. The normalized spacial score (nSPS) is 10.4. The van der Waals surface area contributed by atoms with Crippen molar-refractivity contribution in [2.75, 3.05) is 0 Å². The maximum absolute atomic E-state index is 6.25. The van der Waals surface area contributed by atoms with Gasteiger partial charge in [0.25, 0.3) is 0 Å². The van der Waals surface area contributed by atoms with Crippen molar-refractivity contribution in [2.45, 2.75) is 32.9 Å². The van der Waals surface area contributed by atoms with Gasteiger partial charge in [0.15, 0.2) is 5.69 Å². The summed E-state index contributed by atoms with van der Waals surface area (Å²) in [5.41, 5.74) is 5.86. The summed E-state index contributed by atoms with van der Waals surface area (Å²) in [6.07, 6.45) is 9.28. The van der Waals surface area contributed by atoms with Gasteiger partial charge in [0.1, 0.15) is 12.3 Å².